The van der Waals surface area contributed by atoms with Crippen molar-refractivity contribution in [3.8, 4) is 11.1 Å². The van der Waals surface area contributed by atoms with E-state index < -0.39 is 0 Å². The second kappa shape index (κ2) is 8.98. The summed E-state index contributed by atoms with van der Waals surface area (Å²) in [4.78, 5) is 35.1. The molecule has 172 valence electrons. The number of halogens is 1. The van der Waals surface area contributed by atoms with Gasteiger partial charge < -0.3 is 14.8 Å². The summed E-state index contributed by atoms with van der Waals surface area (Å²) in [6, 6.07) is 3.81. The van der Waals surface area contributed by atoms with Crippen LogP contribution in [0.2, 0.25) is 5.02 Å². The molecule has 0 unspecified atom stereocenters. The molecular formula is C25H28ClN5O2. The van der Waals surface area contributed by atoms with E-state index in [1.165, 1.54) is 6.08 Å². The summed E-state index contributed by atoms with van der Waals surface area (Å²) in [6.45, 7) is 12.9. The molecule has 2 amide bonds. The Kier molecular flexibility index (Phi) is 6.26. The van der Waals surface area contributed by atoms with E-state index in [1.54, 1.807) is 11.2 Å². The van der Waals surface area contributed by atoms with Gasteiger partial charge in [-0.2, -0.15) is 0 Å². The van der Waals surface area contributed by atoms with Crippen LogP contribution in [0.15, 0.2) is 37.3 Å². The zero-order chi connectivity index (χ0) is 23.9. The highest BCUT2D eigenvalue weighted by Gasteiger charge is 2.31. The maximum absolute atomic E-state index is 13.0. The molecule has 0 aliphatic carbocycles. The van der Waals surface area contributed by atoms with Gasteiger partial charge in [0.1, 0.15) is 12.9 Å². The lowest BCUT2D eigenvalue weighted by atomic mass is 9.96. The van der Waals surface area contributed by atoms with Gasteiger partial charge >= 0.3 is 0 Å². The number of rotatable bonds is 6. The molecule has 4 rings (SSSR count). The van der Waals surface area contributed by atoms with Crippen molar-refractivity contribution in [2.45, 2.75) is 46.2 Å². The van der Waals surface area contributed by atoms with Gasteiger partial charge in [0.05, 0.1) is 17.3 Å². The van der Waals surface area contributed by atoms with Gasteiger partial charge in [0.2, 0.25) is 11.8 Å². The molecular weight excluding hydrogens is 438 g/mol. The Balaban J connectivity index is 1.71. The van der Waals surface area contributed by atoms with E-state index in [1.807, 2.05) is 36.7 Å². The number of likely N-dealkylation sites (tertiary alicyclic amines) is 1. The number of hydrogen-bond acceptors (Lipinski definition) is 4. The first-order chi connectivity index (χ1) is 15.7. The second-order valence-electron chi connectivity index (χ2n) is 8.85. The van der Waals surface area contributed by atoms with Gasteiger partial charge in [-0.1, -0.05) is 32.0 Å². The third-order valence-electron chi connectivity index (χ3n) is 6.17. The van der Waals surface area contributed by atoms with Gasteiger partial charge in [-0.15, -0.1) is 0 Å². The summed E-state index contributed by atoms with van der Waals surface area (Å²) in [5.41, 5.74) is 5.83. The lowest BCUT2D eigenvalue weighted by molar-refractivity contribution is -0.133. The van der Waals surface area contributed by atoms with Gasteiger partial charge in [-0.25, -0.2) is 9.97 Å². The van der Waals surface area contributed by atoms with Crippen molar-refractivity contribution in [3.05, 3.63) is 59.3 Å². The number of carbonyl (C=O) groups is 2. The van der Waals surface area contributed by atoms with Crippen molar-refractivity contribution in [2.75, 3.05) is 13.1 Å². The van der Waals surface area contributed by atoms with Crippen LogP contribution in [0.1, 0.15) is 36.7 Å². The van der Waals surface area contributed by atoms with E-state index in [2.05, 4.69) is 35.7 Å². The van der Waals surface area contributed by atoms with Crippen LogP contribution < -0.4 is 5.32 Å². The average molecular weight is 466 g/mol. The summed E-state index contributed by atoms with van der Waals surface area (Å²) in [7, 11) is 0. The molecule has 1 aromatic carbocycles. The van der Waals surface area contributed by atoms with Gasteiger partial charge in [-0.05, 0) is 43.5 Å². The van der Waals surface area contributed by atoms with Gasteiger partial charge in [-0.3, -0.25) is 9.59 Å². The number of fused-ring (bicyclic) bond motifs is 1. The van der Waals surface area contributed by atoms with Gasteiger partial charge in [0.25, 0.3) is 0 Å². The van der Waals surface area contributed by atoms with Crippen LogP contribution >= 0.6 is 11.6 Å². The highest BCUT2D eigenvalue weighted by atomic mass is 35.5. The van der Waals surface area contributed by atoms with Crippen LogP contribution in [-0.4, -0.2) is 50.4 Å². The monoisotopic (exact) mass is 465 g/mol. The van der Waals surface area contributed by atoms with Crippen LogP contribution in [0.4, 0.5) is 0 Å². The Hall–Kier alpha value is -3.19. The number of aryl methyl sites for hydroxylation is 1. The minimum atomic E-state index is -0.115. The van der Waals surface area contributed by atoms with Crippen molar-refractivity contribution in [1.29, 1.82) is 0 Å². The van der Waals surface area contributed by atoms with Crippen molar-refractivity contribution in [2.24, 2.45) is 0 Å². The van der Waals surface area contributed by atoms with Crippen LogP contribution in [0.5, 0.6) is 0 Å². The zero-order valence-electron chi connectivity index (χ0n) is 19.4. The Morgan fingerprint density at radius 3 is 2.70 bits per heavy atom. The zero-order valence-corrected chi connectivity index (χ0v) is 20.1. The largest absolute Gasteiger partial charge is 0.348 e. The van der Waals surface area contributed by atoms with Crippen LogP contribution in [0.25, 0.3) is 22.0 Å². The molecule has 1 aliphatic rings. The normalized spacial score (nSPS) is 13.9. The van der Waals surface area contributed by atoms with E-state index in [4.69, 9.17) is 11.6 Å². The van der Waals surface area contributed by atoms with E-state index >= 15 is 0 Å². The number of carbonyl (C=O) groups excluding carboxylic acids is 2. The fourth-order valence-electron chi connectivity index (χ4n) is 4.61. The van der Waals surface area contributed by atoms with Crippen molar-refractivity contribution in [1.82, 2.24) is 24.8 Å². The van der Waals surface area contributed by atoms with Crippen LogP contribution in [0, 0.1) is 13.8 Å². The molecule has 2 aromatic heterocycles. The van der Waals surface area contributed by atoms with Crippen molar-refractivity contribution < 1.29 is 9.59 Å². The Bertz CT molecular complexity index is 1260. The molecule has 0 radical (unpaired) electrons. The molecule has 1 aliphatic heterocycles. The van der Waals surface area contributed by atoms with Gasteiger partial charge in [0, 0.05) is 46.5 Å². The van der Waals surface area contributed by atoms with Crippen molar-refractivity contribution in [3.63, 3.8) is 0 Å². The molecule has 8 heteroatoms. The third-order valence-corrected chi connectivity index (χ3v) is 6.38. The predicted molar refractivity (Wildman–Crippen MR) is 130 cm³/mol. The van der Waals surface area contributed by atoms with Crippen molar-refractivity contribution >= 4 is 34.3 Å². The number of hydrogen-bond donors (Lipinski definition) is 1. The molecule has 0 spiro atoms. The van der Waals surface area contributed by atoms with E-state index in [0.717, 1.165) is 39.0 Å². The average Bonchev–Trinajstić information content (AvgIpc) is 3.01. The van der Waals surface area contributed by atoms with Gasteiger partial charge in [0.15, 0.2) is 0 Å². The lowest BCUT2D eigenvalue weighted by Crippen LogP contribution is -2.61. The molecule has 1 fully saturated rings. The molecule has 3 heterocycles. The third kappa shape index (κ3) is 4.25. The number of benzene rings is 1. The number of nitrogens with zero attached hydrogens (tertiary/aromatic N) is 4. The summed E-state index contributed by atoms with van der Waals surface area (Å²) in [5.74, 6) is 0.000133. The first kappa shape index (κ1) is 23.0. The SMILES string of the molecule is C=CC(=O)N1CC(NC(=O)Cn2c(C)c(-c3cncnc3C(C)C)c3cc(Cl)cc(C)c32)C1. The highest BCUT2D eigenvalue weighted by Crippen LogP contribution is 2.39. The maximum Gasteiger partial charge on any atom is 0.246 e. The summed E-state index contributed by atoms with van der Waals surface area (Å²) in [5, 5.41) is 4.66. The fraction of sp³-hybridized carbons (Fsp3) is 0.360. The quantitative estimate of drug-likeness (QED) is 0.558. The summed E-state index contributed by atoms with van der Waals surface area (Å²) >= 11 is 6.44. The van der Waals surface area contributed by atoms with Crippen LogP contribution in [-0.2, 0) is 16.1 Å². The molecule has 0 atom stereocenters. The molecule has 0 bridgehead atoms. The number of aromatic nitrogens is 3. The molecule has 33 heavy (non-hydrogen) atoms. The summed E-state index contributed by atoms with van der Waals surface area (Å²) in [6.07, 6.45) is 4.70. The van der Waals surface area contributed by atoms with E-state index in [-0.39, 0.29) is 30.3 Å². The number of amides is 2. The van der Waals surface area contributed by atoms with Crippen LogP contribution in [0.3, 0.4) is 0 Å². The Morgan fingerprint density at radius 2 is 2.03 bits per heavy atom. The Labute approximate surface area is 198 Å². The van der Waals surface area contributed by atoms with E-state index in [9.17, 15) is 9.59 Å². The highest BCUT2D eigenvalue weighted by molar-refractivity contribution is 6.31. The molecule has 1 N–H and O–H groups in total. The van der Waals surface area contributed by atoms with E-state index in [0.29, 0.717) is 18.1 Å². The first-order valence-corrected chi connectivity index (χ1v) is 11.4. The Morgan fingerprint density at radius 1 is 1.30 bits per heavy atom. The number of nitrogens with one attached hydrogen (secondary N) is 1. The molecule has 0 saturated carbocycles. The molecule has 7 nitrogen and oxygen atoms in total. The molecule has 3 aromatic rings. The minimum Gasteiger partial charge on any atom is -0.348 e. The maximum atomic E-state index is 13.0. The fourth-order valence-corrected chi connectivity index (χ4v) is 4.88. The summed E-state index contributed by atoms with van der Waals surface area (Å²) < 4.78 is 2.04. The predicted octanol–water partition coefficient (Wildman–Crippen LogP) is 4.00. The lowest BCUT2D eigenvalue weighted by Gasteiger charge is -2.38. The molecule has 1 saturated heterocycles. The topological polar surface area (TPSA) is 80.1 Å². The smallest absolute Gasteiger partial charge is 0.246 e. The standard InChI is InChI=1S/C25H28ClN5O2/c1-6-22(33)30-10-18(11-30)29-21(32)12-31-16(5)23(19-8-17(26)7-15(4)25(19)31)20-9-27-13-28-24(20)14(2)3/h6-9,13-14,18H,1,10-12H2,2-5H3,(H,29,32). The first-order valence-electron chi connectivity index (χ1n) is 11.0. The minimum absolute atomic E-state index is 0.0476. The second-order valence-corrected chi connectivity index (χ2v) is 9.29.